The van der Waals surface area contributed by atoms with Gasteiger partial charge in [0, 0.05) is 19.1 Å². The highest BCUT2D eigenvalue weighted by Gasteiger charge is 2.39. The molecular weight excluding hydrogens is 226 g/mol. The first kappa shape index (κ1) is 13.8. The molecule has 0 saturated carbocycles. The summed E-state index contributed by atoms with van der Waals surface area (Å²) >= 11 is 0. The molecule has 0 aromatic heterocycles. The van der Waals surface area contributed by atoms with E-state index in [1.54, 1.807) is 0 Å². The third kappa shape index (κ3) is 2.86. The molecule has 2 heterocycles. The van der Waals surface area contributed by atoms with Gasteiger partial charge in [-0.05, 0) is 59.7 Å². The van der Waals surface area contributed by atoms with Crippen LogP contribution in [0.1, 0.15) is 39.5 Å². The fourth-order valence-electron chi connectivity index (χ4n) is 3.23. The Morgan fingerprint density at radius 3 is 2.72 bits per heavy atom. The summed E-state index contributed by atoms with van der Waals surface area (Å²) in [7, 11) is 2.14. The Morgan fingerprint density at radius 2 is 2.06 bits per heavy atom. The molecule has 0 bridgehead atoms. The minimum absolute atomic E-state index is 0.310. The zero-order valence-corrected chi connectivity index (χ0v) is 12.0. The second kappa shape index (κ2) is 5.57. The number of carbonyl (C=O) groups is 1. The average Bonchev–Trinajstić information content (AvgIpc) is 2.50. The Bertz CT molecular complexity index is 299. The molecule has 4 nitrogen and oxygen atoms in total. The summed E-state index contributed by atoms with van der Waals surface area (Å²) in [5, 5.41) is 3.44. The maximum absolute atomic E-state index is 12.8. The van der Waals surface area contributed by atoms with E-state index in [4.69, 9.17) is 0 Å². The number of likely N-dealkylation sites (N-methyl/N-ethyl adjacent to an activating group) is 1. The molecule has 104 valence electrons. The van der Waals surface area contributed by atoms with Gasteiger partial charge in [-0.3, -0.25) is 4.79 Å². The largest absolute Gasteiger partial charge is 0.337 e. The van der Waals surface area contributed by atoms with Crippen LogP contribution in [0, 0.1) is 0 Å². The zero-order valence-electron chi connectivity index (χ0n) is 12.0. The van der Waals surface area contributed by atoms with Crippen LogP contribution in [0.25, 0.3) is 0 Å². The van der Waals surface area contributed by atoms with Crippen LogP contribution < -0.4 is 5.32 Å². The predicted octanol–water partition coefficient (Wildman–Crippen LogP) is 1.07. The van der Waals surface area contributed by atoms with Crippen molar-refractivity contribution in [3.05, 3.63) is 0 Å². The first-order chi connectivity index (χ1) is 8.53. The summed E-state index contributed by atoms with van der Waals surface area (Å²) in [4.78, 5) is 17.2. The fraction of sp³-hybridized carbons (Fsp3) is 0.929. The van der Waals surface area contributed by atoms with Gasteiger partial charge in [0.15, 0.2) is 0 Å². The van der Waals surface area contributed by atoms with Gasteiger partial charge in [0.1, 0.15) is 0 Å². The van der Waals surface area contributed by atoms with Crippen molar-refractivity contribution in [2.45, 2.75) is 51.1 Å². The van der Waals surface area contributed by atoms with Gasteiger partial charge in [-0.2, -0.15) is 0 Å². The third-order valence-electron chi connectivity index (χ3n) is 4.40. The topological polar surface area (TPSA) is 35.6 Å². The average molecular weight is 253 g/mol. The molecular formula is C14H27N3O. The van der Waals surface area contributed by atoms with E-state index in [0.29, 0.717) is 11.9 Å². The molecule has 2 rings (SSSR count). The molecule has 2 atom stereocenters. The lowest BCUT2D eigenvalue weighted by molar-refractivity contribution is -0.140. The second-order valence-electron chi connectivity index (χ2n) is 6.18. The monoisotopic (exact) mass is 253 g/mol. The number of hydrogen-bond donors (Lipinski definition) is 1. The Kier molecular flexibility index (Phi) is 4.28. The molecule has 0 radical (unpaired) electrons. The molecule has 0 spiro atoms. The van der Waals surface area contributed by atoms with Crippen LogP contribution in [-0.2, 0) is 4.79 Å². The van der Waals surface area contributed by atoms with Crippen molar-refractivity contribution in [3.63, 3.8) is 0 Å². The van der Waals surface area contributed by atoms with E-state index in [9.17, 15) is 4.79 Å². The van der Waals surface area contributed by atoms with Crippen LogP contribution >= 0.6 is 0 Å². The van der Waals surface area contributed by atoms with Gasteiger partial charge in [0.25, 0.3) is 0 Å². The molecule has 1 N–H and O–H groups in total. The minimum Gasteiger partial charge on any atom is -0.337 e. The summed E-state index contributed by atoms with van der Waals surface area (Å²) in [6.07, 6.45) is 4.42. The highest BCUT2D eigenvalue weighted by Crippen LogP contribution is 2.23. The molecule has 0 aromatic carbocycles. The summed E-state index contributed by atoms with van der Waals surface area (Å²) in [6, 6.07) is 0.325. The molecule has 0 aromatic rings. The van der Waals surface area contributed by atoms with Gasteiger partial charge in [0.05, 0.1) is 5.54 Å². The lowest BCUT2D eigenvalue weighted by Gasteiger charge is -2.40. The van der Waals surface area contributed by atoms with E-state index in [1.807, 2.05) is 0 Å². The van der Waals surface area contributed by atoms with Gasteiger partial charge >= 0.3 is 0 Å². The summed E-state index contributed by atoms with van der Waals surface area (Å²) in [6.45, 7) is 8.22. The van der Waals surface area contributed by atoms with Crippen LogP contribution in [0.2, 0.25) is 0 Å². The highest BCUT2D eigenvalue weighted by atomic mass is 16.2. The van der Waals surface area contributed by atoms with Gasteiger partial charge in [-0.15, -0.1) is 0 Å². The molecule has 2 unspecified atom stereocenters. The summed E-state index contributed by atoms with van der Waals surface area (Å²) in [5.74, 6) is 0.310. The molecule has 0 aliphatic carbocycles. The van der Waals surface area contributed by atoms with Crippen molar-refractivity contribution in [2.75, 3.05) is 33.2 Å². The van der Waals surface area contributed by atoms with Crippen LogP contribution in [0.5, 0.6) is 0 Å². The number of piperidine rings is 1. The highest BCUT2D eigenvalue weighted by molar-refractivity contribution is 5.86. The lowest BCUT2D eigenvalue weighted by Crippen LogP contribution is -2.60. The lowest BCUT2D eigenvalue weighted by atomic mass is 9.89. The fourth-order valence-corrected chi connectivity index (χ4v) is 3.23. The molecule has 4 heteroatoms. The Labute approximate surface area is 111 Å². The van der Waals surface area contributed by atoms with Crippen LogP contribution in [0.15, 0.2) is 0 Å². The van der Waals surface area contributed by atoms with Gasteiger partial charge in [-0.25, -0.2) is 0 Å². The van der Waals surface area contributed by atoms with Crippen molar-refractivity contribution >= 4 is 5.91 Å². The van der Waals surface area contributed by atoms with Crippen molar-refractivity contribution in [1.82, 2.24) is 15.1 Å². The Morgan fingerprint density at radius 1 is 1.28 bits per heavy atom. The quantitative estimate of drug-likeness (QED) is 0.759. The number of nitrogens with zero attached hydrogens (tertiary/aromatic N) is 2. The molecule has 2 aliphatic heterocycles. The Balaban J connectivity index is 2.06. The SMILES string of the molecule is CC1CN(C)CCCN1C(=O)C1(C)CCCCN1. The maximum atomic E-state index is 12.8. The standard InChI is InChI=1S/C14H27N3O/c1-12-11-16(3)9-6-10-17(12)13(18)14(2)7-4-5-8-15-14/h12,15H,4-11H2,1-3H3. The molecule has 18 heavy (non-hydrogen) atoms. The number of rotatable bonds is 1. The summed E-state index contributed by atoms with van der Waals surface area (Å²) < 4.78 is 0. The zero-order chi connectivity index (χ0) is 13.2. The summed E-state index contributed by atoms with van der Waals surface area (Å²) in [5.41, 5.74) is -0.324. The van der Waals surface area contributed by atoms with Crippen LogP contribution in [0.4, 0.5) is 0 Å². The van der Waals surface area contributed by atoms with E-state index >= 15 is 0 Å². The van der Waals surface area contributed by atoms with Crippen LogP contribution in [-0.4, -0.2) is 60.5 Å². The number of carbonyl (C=O) groups excluding carboxylic acids is 1. The van der Waals surface area contributed by atoms with Gasteiger partial charge < -0.3 is 15.1 Å². The van der Waals surface area contributed by atoms with Gasteiger partial charge in [0.2, 0.25) is 5.91 Å². The third-order valence-corrected chi connectivity index (χ3v) is 4.40. The molecule has 2 saturated heterocycles. The number of hydrogen-bond acceptors (Lipinski definition) is 3. The molecule has 1 amide bonds. The predicted molar refractivity (Wildman–Crippen MR) is 73.5 cm³/mol. The molecule has 2 fully saturated rings. The van der Waals surface area contributed by atoms with Crippen molar-refractivity contribution in [2.24, 2.45) is 0 Å². The Hall–Kier alpha value is -0.610. The normalized spacial score (nSPS) is 35.3. The minimum atomic E-state index is -0.324. The number of amides is 1. The van der Waals surface area contributed by atoms with Gasteiger partial charge in [-0.1, -0.05) is 0 Å². The van der Waals surface area contributed by atoms with E-state index in [2.05, 4.69) is 36.0 Å². The first-order valence-electron chi connectivity index (χ1n) is 7.27. The van der Waals surface area contributed by atoms with Crippen molar-refractivity contribution < 1.29 is 4.79 Å². The van der Waals surface area contributed by atoms with E-state index in [-0.39, 0.29) is 5.54 Å². The molecule has 2 aliphatic rings. The van der Waals surface area contributed by atoms with E-state index in [1.165, 1.54) is 6.42 Å². The van der Waals surface area contributed by atoms with Crippen molar-refractivity contribution in [3.8, 4) is 0 Å². The number of nitrogens with one attached hydrogen (secondary N) is 1. The van der Waals surface area contributed by atoms with E-state index in [0.717, 1.165) is 45.4 Å². The first-order valence-corrected chi connectivity index (χ1v) is 7.27. The maximum Gasteiger partial charge on any atom is 0.242 e. The van der Waals surface area contributed by atoms with E-state index < -0.39 is 0 Å². The second-order valence-corrected chi connectivity index (χ2v) is 6.18. The van der Waals surface area contributed by atoms with Crippen LogP contribution in [0.3, 0.4) is 0 Å². The van der Waals surface area contributed by atoms with Crippen molar-refractivity contribution in [1.29, 1.82) is 0 Å². The smallest absolute Gasteiger partial charge is 0.242 e.